The number of nitro benzene ring substituents is 1. The summed E-state index contributed by atoms with van der Waals surface area (Å²) in [5.41, 5.74) is 1.37. The van der Waals surface area contributed by atoms with Crippen molar-refractivity contribution >= 4 is 23.2 Å². The molecule has 7 heteroatoms. The molecule has 25 heavy (non-hydrogen) atoms. The summed E-state index contributed by atoms with van der Waals surface area (Å²) in [6.07, 6.45) is -0.973. The molecule has 6 nitrogen and oxygen atoms in total. The van der Waals surface area contributed by atoms with E-state index < -0.39 is 11.0 Å². The predicted octanol–water partition coefficient (Wildman–Crippen LogP) is 3.46. The molecule has 0 saturated heterocycles. The largest absolute Gasteiger partial charge is 0.387 e. The van der Waals surface area contributed by atoms with Crippen molar-refractivity contribution in [3.8, 4) is 0 Å². The van der Waals surface area contributed by atoms with E-state index in [-0.39, 0.29) is 30.1 Å². The lowest BCUT2D eigenvalue weighted by atomic mass is 10.0. The molecule has 0 heterocycles. The topological polar surface area (TPSA) is 83.7 Å². The van der Waals surface area contributed by atoms with Gasteiger partial charge in [-0.2, -0.15) is 0 Å². The Hall–Kier alpha value is -2.44. The minimum atomic E-state index is -0.973. The Morgan fingerprint density at radius 3 is 2.28 bits per heavy atom. The molecule has 0 aliphatic carbocycles. The fraction of sp³-hybridized carbons (Fsp3) is 0.278. The molecule has 0 aliphatic heterocycles. The Balaban J connectivity index is 2.18. The van der Waals surface area contributed by atoms with Crippen LogP contribution >= 0.6 is 11.6 Å². The third-order valence-electron chi connectivity index (χ3n) is 4.04. The van der Waals surface area contributed by atoms with Gasteiger partial charge in [0.25, 0.3) is 5.69 Å². The van der Waals surface area contributed by atoms with Gasteiger partial charge in [-0.25, -0.2) is 0 Å². The summed E-state index contributed by atoms with van der Waals surface area (Å²) in [4.78, 5) is 23.9. The van der Waals surface area contributed by atoms with Gasteiger partial charge < -0.3 is 10.0 Å². The van der Waals surface area contributed by atoms with E-state index in [2.05, 4.69) is 0 Å². The van der Waals surface area contributed by atoms with Crippen LogP contribution in [0.3, 0.4) is 0 Å². The molecular formula is C18H19ClN2O4. The number of alkyl halides is 1. The van der Waals surface area contributed by atoms with Crippen LogP contribution in [0.1, 0.15) is 30.2 Å². The molecule has 132 valence electrons. The smallest absolute Gasteiger partial charge is 0.269 e. The molecule has 1 N–H and O–H groups in total. The Labute approximate surface area is 150 Å². The monoisotopic (exact) mass is 362 g/mol. The lowest BCUT2D eigenvalue weighted by molar-refractivity contribution is -0.384. The van der Waals surface area contributed by atoms with Gasteiger partial charge in [0.15, 0.2) is 0 Å². The van der Waals surface area contributed by atoms with E-state index in [4.69, 9.17) is 11.6 Å². The first kappa shape index (κ1) is 18.9. The van der Waals surface area contributed by atoms with Gasteiger partial charge in [-0.05, 0) is 30.2 Å². The summed E-state index contributed by atoms with van der Waals surface area (Å²) in [5.74, 6) is -0.483. The van der Waals surface area contributed by atoms with Crippen LogP contribution in [0.5, 0.6) is 0 Å². The highest BCUT2D eigenvalue weighted by atomic mass is 35.5. The molecule has 0 fully saturated rings. The van der Waals surface area contributed by atoms with Crippen molar-refractivity contribution in [2.75, 3.05) is 12.4 Å². The van der Waals surface area contributed by atoms with Crippen LogP contribution in [0, 0.1) is 10.1 Å². The SMILES string of the molecule is C[C@@H](c1ccccc1)N(C[C@H](O)c1ccc([N+](=O)[O-])cc1)C(=O)CCl. The van der Waals surface area contributed by atoms with Crippen LogP contribution in [0.4, 0.5) is 5.69 Å². The second-order valence-corrected chi connectivity index (χ2v) is 5.90. The molecule has 0 spiro atoms. The highest BCUT2D eigenvalue weighted by molar-refractivity contribution is 6.27. The van der Waals surface area contributed by atoms with Crippen LogP contribution in [0.15, 0.2) is 54.6 Å². The second-order valence-electron chi connectivity index (χ2n) is 5.63. The number of aliphatic hydroxyl groups is 1. The van der Waals surface area contributed by atoms with Gasteiger partial charge in [0.05, 0.1) is 23.6 Å². The van der Waals surface area contributed by atoms with Crippen molar-refractivity contribution in [3.63, 3.8) is 0 Å². The van der Waals surface area contributed by atoms with Crippen molar-refractivity contribution in [1.82, 2.24) is 4.90 Å². The Kier molecular flexibility index (Phi) is 6.50. The molecule has 1 amide bonds. The molecule has 2 rings (SSSR count). The lowest BCUT2D eigenvalue weighted by Gasteiger charge is -2.31. The quantitative estimate of drug-likeness (QED) is 0.464. The first-order valence-corrected chi connectivity index (χ1v) is 8.30. The first-order chi connectivity index (χ1) is 11.9. The zero-order valence-electron chi connectivity index (χ0n) is 13.7. The maximum Gasteiger partial charge on any atom is 0.269 e. The highest BCUT2D eigenvalue weighted by Crippen LogP contribution is 2.25. The number of nitro groups is 1. The predicted molar refractivity (Wildman–Crippen MR) is 95.3 cm³/mol. The number of rotatable bonds is 7. The molecule has 0 aliphatic rings. The van der Waals surface area contributed by atoms with E-state index in [1.165, 1.54) is 29.2 Å². The zero-order chi connectivity index (χ0) is 18.4. The second kappa shape index (κ2) is 8.60. The Morgan fingerprint density at radius 2 is 1.76 bits per heavy atom. The molecular weight excluding hydrogens is 344 g/mol. The standard InChI is InChI=1S/C18H19ClN2O4/c1-13(14-5-3-2-4-6-14)20(18(23)11-19)12-17(22)15-7-9-16(10-8-15)21(24)25/h2-10,13,17,22H,11-12H2,1H3/t13-,17-/m0/s1. The molecule has 0 unspecified atom stereocenters. The number of amides is 1. The molecule has 0 radical (unpaired) electrons. The summed E-state index contributed by atoms with van der Waals surface area (Å²) < 4.78 is 0. The molecule has 0 aromatic heterocycles. The molecule has 2 aromatic carbocycles. The fourth-order valence-corrected chi connectivity index (χ4v) is 2.73. The summed E-state index contributed by atoms with van der Waals surface area (Å²) >= 11 is 5.72. The maximum atomic E-state index is 12.2. The molecule has 0 saturated carbocycles. The van der Waals surface area contributed by atoms with Crippen molar-refractivity contribution < 1.29 is 14.8 Å². The van der Waals surface area contributed by atoms with Gasteiger partial charge in [-0.15, -0.1) is 11.6 Å². The number of aliphatic hydroxyl groups excluding tert-OH is 1. The van der Waals surface area contributed by atoms with Crippen LogP contribution in [-0.2, 0) is 4.79 Å². The van der Waals surface area contributed by atoms with Gasteiger partial charge in [0, 0.05) is 12.1 Å². The summed E-state index contributed by atoms with van der Waals surface area (Å²) in [6, 6.07) is 14.8. The third kappa shape index (κ3) is 4.78. The van der Waals surface area contributed by atoms with E-state index in [0.29, 0.717) is 5.56 Å². The van der Waals surface area contributed by atoms with Crippen LogP contribution in [0.2, 0.25) is 0 Å². The average molecular weight is 363 g/mol. The van der Waals surface area contributed by atoms with Crippen LogP contribution in [-0.4, -0.2) is 33.3 Å². The van der Waals surface area contributed by atoms with E-state index in [9.17, 15) is 20.0 Å². The van der Waals surface area contributed by atoms with Crippen LogP contribution < -0.4 is 0 Å². The number of carbonyl (C=O) groups excluding carboxylic acids is 1. The minimum Gasteiger partial charge on any atom is -0.387 e. The van der Waals surface area contributed by atoms with E-state index in [1.807, 2.05) is 37.3 Å². The number of carbonyl (C=O) groups is 1. The minimum absolute atomic E-state index is 0.0411. The van der Waals surface area contributed by atoms with Crippen molar-refractivity contribution in [3.05, 3.63) is 75.8 Å². The normalized spacial score (nSPS) is 13.1. The van der Waals surface area contributed by atoms with Crippen molar-refractivity contribution in [2.45, 2.75) is 19.1 Å². The number of halogens is 1. The number of hydrogen-bond acceptors (Lipinski definition) is 4. The Morgan fingerprint density at radius 1 is 1.16 bits per heavy atom. The van der Waals surface area contributed by atoms with Gasteiger partial charge in [0.2, 0.25) is 5.91 Å². The molecule has 0 bridgehead atoms. The summed E-state index contributed by atoms with van der Waals surface area (Å²) in [5, 5.41) is 21.2. The van der Waals surface area contributed by atoms with Gasteiger partial charge >= 0.3 is 0 Å². The Bertz CT molecular complexity index is 722. The zero-order valence-corrected chi connectivity index (χ0v) is 14.5. The van der Waals surface area contributed by atoms with Crippen molar-refractivity contribution in [1.29, 1.82) is 0 Å². The maximum absolute atomic E-state index is 12.2. The van der Waals surface area contributed by atoms with Crippen LogP contribution in [0.25, 0.3) is 0 Å². The van der Waals surface area contributed by atoms with Gasteiger partial charge in [-0.3, -0.25) is 14.9 Å². The van der Waals surface area contributed by atoms with Gasteiger partial charge in [0.1, 0.15) is 5.88 Å². The number of hydrogen-bond donors (Lipinski definition) is 1. The van der Waals surface area contributed by atoms with Crippen molar-refractivity contribution in [2.24, 2.45) is 0 Å². The summed E-state index contributed by atoms with van der Waals surface area (Å²) in [6.45, 7) is 1.90. The molecule has 2 atom stereocenters. The lowest BCUT2D eigenvalue weighted by Crippen LogP contribution is -2.37. The number of non-ortho nitro benzene ring substituents is 1. The fourth-order valence-electron chi connectivity index (χ4n) is 2.57. The number of benzene rings is 2. The third-order valence-corrected chi connectivity index (χ3v) is 4.27. The number of nitrogens with zero attached hydrogens (tertiary/aromatic N) is 2. The van der Waals surface area contributed by atoms with E-state index in [0.717, 1.165) is 5.56 Å². The first-order valence-electron chi connectivity index (χ1n) is 7.76. The average Bonchev–Trinajstić information content (AvgIpc) is 2.65. The summed E-state index contributed by atoms with van der Waals surface area (Å²) in [7, 11) is 0. The molecule has 2 aromatic rings. The van der Waals surface area contributed by atoms with E-state index >= 15 is 0 Å². The highest BCUT2D eigenvalue weighted by Gasteiger charge is 2.24. The van der Waals surface area contributed by atoms with E-state index in [1.54, 1.807) is 0 Å². The van der Waals surface area contributed by atoms with Gasteiger partial charge in [-0.1, -0.05) is 30.3 Å².